The molecule has 1 rings (SSSR count). The van der Waals surface area contributed by atoms with E-state index < -0.39 is 6.04 Å². The highest BCUT2D eigenvalue weighted by atomic mass is 127. The number of aromatic nitrogens is 1. The Labute approximate surface area is 84.5 Å². The maximum absolute atomic E-state index is 9.34. The fourth-order valence-corrected chi connectivity index (χ4v) is 1.24. The SMILES string of the molecule is C=C[C@H](N)c1nc(I)ccc1O. The zero-order chi connectivity index (χ0) is 9.14. The van der Waals surface area contributed by atoms with Crippen LogP contribution < -0.4 is 5.73 Å². The molecule has 3 N–H and O–H groups in total. The molecule has 64 valence electrons. The van der Waals surface area contributed by atoms with E-state index in [9.17, 15) is 5.11 Å². The summed E-state index contributed by atoms with van der Waals surface area (Å²) in [7, 11) is 0. The first kappa shape index (κ1) is 9.47. The van der Waals surface area contributed by atoms with Crippen LogP contribution in [0, 0.1) is 3.70 Å². The first-order valence-electron chi connectivity index (χ1n) is 3.38. The molecule has 1 aromatic heterocycles. The van der Waals surface area contributed by atoms with Crippen LogP contribution in [-0.2, 0) is 0 Å². The Morgan fingerprint density at radius 1 is 1.67 bits per heavy atom. The quantitative estimate of drug-likeness (QED) is 0.490. The van der Waals surface area contributed by atoms with Gasteiger partial charge in [0, 0.05) is 0 Å². The number of hydrogen-bond acceptors (Lipinski definition) is 3. The van der Waals surface area contributed by atoms with Crippen molar-refractivity contribution in [1.29, 1.82) is 0 Å². The predicted molar refractivity (Wildman–Crippen MR) is 55.7 cm³/mol. The minimum absolute atomic E-state index is 0.114. The molecular formula is C8H9IN2O. The van der Waals surface area contributed by atoms with E-state index in [0.29, 0.717) is 5.69 Å². The zero-order valence-electron chi connectivity index (χ0n) is 6.37. The van der Waals surface area contributed by atoms with Gasteiger partial charge in [-0.1, -0.05) is 6.08 Å². The molecule has 0 spiro atoms. The molecule has 3 nitrogen and oxygen atoms in total. The van der Waals surface area contributed by atoms with Crippen molar-refractivity contribution in [2.75, 3.05) is 0 Å². The van der Waals surface area contributed by atoms with Crippen LogP contribution in [0.2, 0.25) is 0 Å². The Kier molecular flexibility index (Phi) is 3.05. The first-order valence-corrected chi connectivity index (χ1v) is 4.46. The lowest BCUT2D eigenvalue weighted by Gasteiger charge is -2.07. The molecule has 0 unspecified atom stereocenters. The highest BCUT2D eigenvalue weighted by molar-refractivity contribution is 14.1. The highest BCUT2D eigenvalue weighted by Gasteiger charge is 2.08. The van der Waals surface area contributed by atoms with Gasteiger partial charge < -0.3 is 10.8 Å². The summed E-state index contributed by atoms with van der Waals surface area (Å²) in [6.07, 6.45) is 1.54. The van der Waals surface area contributed by atoms with Crippen LogP contribution in [0.25, 0.3) is 0 Å². The van der Waals surface area contributed by atoms with E-state index in [1.165, 1.54) is 6.08 Å². The molecule has 0 amide bonds. The molecule has 4 heteroatoms. The Hall–Kier alpha value is -0.620. The molecule has 0 fully saturated rings. The second-order valence-electron chi connectivity index (χ2n) is 2.30. The third kappa shape index (κ3) is 1.95. The monoisotopic (exact) mass is 276 g/mol. The number of hydrogen-bond donors (Lipinski definition) is 2. The lowest BCUT2D eigenvalue weighted by atomic mass is 10.2. The lowest BCUT2D eigenvalue weighted by molar-refractivity contribution is 0.461. The number of pyridine rings is 1. The fourth-order valence-electron chi connectivity index (χ4n) is 0.800. The van der Waals surface area contributed by atoms with Gasteiger partial charge in [0.2, 0.25) is 0 Å². The molecule has 0 bridgehead atoms. The molecule has 0 saturated heterocycles. The summed E-state index contributed by atoms with van der Waals surface area (Å²) in [6.45, 7) is 3.53. The van der Waals surface area contributed by atoms with Gasteiger partial charge in [-0.05, 0) is 34.7 Å². The second-order valence-corrected chi connectivity index (χ2v) is 3.41. The summed E-state index contributed by atoms with van der Waals surface area (Å²) in [5, 5.41) is 9.34. The van der Waals surface area contributed by atoms with Crippen molar-refractivity contribution in [2.45, 2.75) is 6.04 Å². The summed E-state index contributed by atoms with van der Waals surface area (Å²) in [5.74, 6) is 0.114. The van der Waals surface area contributed by atoms with Gasteiger partial charge in [0.05, 0.1) is 6.04 Å². The van der Waals surface area contributed by atoms with Crippen molar-refractivity contribution < 1.29 is 5.11 Å². The van der Waals surface area contributed by atoms with E-state index >= 15 is 0 Å². The number of rotatable bonds is 2. The predicted octanol–water partition coefficient (Wildman–Crippen LogP) is 1.58. The average molecular weight is 276 g/mol. The molecule has 1 atom stereocenters. The van der Waals surface area contributed by atoms with Crippen LogP contribution in [0.15, 0.2) is 24.8 Å². The third-order valence-corrected chi connectivity index (χ3v) is 2.04. The molecule has 0 aliphatic rings. The van der Waals surface area contributed by atoms with Gasteiger partial charge in [-0.25, -0.2) is 4.98 Å². The van der Waals surface area contributed by atoms with Gasteiger partial charge in [0.25, 0.3) is 0 Å². The lowest BCUT2D eigenvalue weighted by Crippen LogP contribution is -2.09. The number of halogens is 1. The Balaban J connectivity index is 3.12. The average Bonchev–Trinajstić information content (AvgIpc) is 2.08. The smallest absolute Gasteiger partial charge is 0.139 e. The third-order valence-electron chi connectivity index (χ3n) is 1.44. The van der Waals surface area contributed by atoms with Crippen LogP contribution >= 0.6 is 22.6 Å². The molecule has 0 aliphatic carbocycles. The summed E-state index contributed by atoms with van der Waals surface area (Å²) < 4.78 is 0.803. The molecule has 0 saturated carbocycles. The van der Waals surface area contributed by atoms with Crippen LogP contribution in [0.1, 0.15) is 11.7 Å². The van der Waals surface area contributed by atoms with Gasteiger partial charge in [0.15, 0.2) is 0 Å². The van der Waals surface area contributed by atoms with Gasteiger partial charge in [-0.15, -0.1) is 6.58 Å². The Morgan fingerprint density at radius 2 is 2.33 bits per heavy atom. The maximum atomic E-state index is 9.34. The van der Waals surface area contributed by atoms with E-state index in [4.69, 9.17) is 5.73 Å². The first-order chi connectivity index (χ1) is 5.65. The van der Waals surface area contributed by atoms with Crippen molar-refractivity contribution in [1.82, 2.24) is 4.98 Å². The van der Waals surface area contributed by atoms with Gasteiger partial charge in [-0.3, -0.25) is 0 Å². The number of aromatic hydroxyl groups is 1. The second kappa shape index (κ2) is 3.86. The zero-order valence-corrected chi connectivity index (χ0v) is 8.52. The van der Waals surface area contributed by atoms with E-state index in [-0.39, 0.29) is 5.75 Å². The minimum atomic E-state index is -0.403. The van der Waals surface area contributed by atoms with Crippen LogP contribution in [0.5, 0.6) is 5.75 Å². The van der Waals surface area contributed by atoms with E-state index in [2.05, 4.69) is 34.2 Å². The Morgan fingerprint density at radius 3 is 2.92 bits per heavy atom. The van der Waals surface area contributed by atoms with Crippen molar-refractivity contribution in [3.05, 3.63) is 34.2 Å². The fraction of sp³-hybridized carbons (Fsp3) is 0.125. The van der Waals surface area contributed by atoms with Crippen molar-refractivity contribution in [2.24, 2.45) is 5.73 Å². The van der Waals surface area contributed by atoms with Crippen molar-refractivity contribution >= 4 is 22.6 Å². The van der Waals surface area contributed by atoms with Crippen molar-refractivity contribution in [3.63, 3.8) is 0 Å². The maximum Gasteiger partial charge on any atom is 0.139 e. The number of nitrogens with zero attached hydrogens (tertiary/aromatic N) is 1. The van der Waals surface area contributed by atoms with E-state index in [1.54, 1.807) is 12.1 Å². The standard InChI is InChI=1S/C8H9IN2O/c1-2-5(10)8-6(12)3-4-7(9)11-8/h2-5,12H,1,10H2/t5-/m0/s1. The van der Waals surface area contributed by atoms with Crippen LogP contribution in [0.3, 0.4) is 0 Å². The van der Waals surface area contributed by atoms with Gasteiger partial charge in [-0.2, -0.15) is 0 Å². The normalized spacial score (nSPS) is 12.5. The highest BCUT2D eigenvalue weighted by Crippen LogP contribution is 2.21. The molecule has 0 aromatic carbocycles. The van der Waals surface area contributed by atoms with Gasteiger partial charge in [0.1, 0.15) is 15.1 Å². The number of nitrogens with two attached hydrogens (primary N) is 1. The van der Waals surface area contributed by atoms with Crippen LogP contribution in [-0.4, -0.2) is 10.1 Å². The van der Waals surface area contributed by atoms with Gasteiger partial charge >= 0.3 is 0 Å². The summed E-state index contributed by atoms with van der Waals surface area (Å²) >= 11 is 2.06. The molecular weight excluding hydrogens is 267 g/mol. The molecule has 1 heterocycles. The van der Waals surface area contributed by atoms with E-state index in [0.717, 1.165) is 3.70 Å². The summed E-state index contributed by atoms with van der Waals surface area (Å²) in [5.41, 5.74) is 6.09. The Bertz CT molecular complexity index is 301. The van der Waals surface area contributed by atoms with E-state index in [1.807, 2.05) is 0 Å². The van der Waals surface area contributed by atoms with Crippen molar-refractivity contribution in [3.8, 4) is 5.75 Å². The largest absolute Gasteiger partial charge is 0.506 e. The molecule has 1 aromatic rings. The topological polar surface area (TPSA) is 59.1 Å². The summed E-state index contributed by atoms with van der Waals surface area (Å²) in [6, 6.07) is 2.89. The summed E-state index contributed by atoms with van der Waals surface area (Å²) in [4.78, 5) is 4.08. The molecule has 0 radical (unpaired) electrons. The minimum Gasteiger partial charge on any atom is -0.506 e. The molecule has 0 aliphatic heterocycles. The molecule has 12 heavy (non-hydrogen) atoms. The van der Waals surface area contributed by atoms with Crippen LogP contribution in [0.4, 0.5) is 0 Å².